The number of hydrogen-bond acceptors (Lipinski definition) is 5. The summed E-state index contributed by atoms with van der Waals surface area (Å²) in [7, 11) is 0. The van der Waals surface area contributed by atoms with Crippen molar-refractivity contribution in [2.24, 2.45) is 0 Å². The second kappa shape index (κ2) is 4.73. The van der Waals surface area contributed by atoms with Gasteiger partial charge in [-0.1, -0.05) is 0 Å². The van der Waals surface area contributed by atoms with Gasteiger partial charge in [-0.05, 0) is 12.1 Å². The van der Waals surface area contributed by atoms with E-state index in [1.165, 1.54) is 18.7 Å². The summed E-state index contributed by atoms with van der Waals surface area (Å²) in [5.41, 5.74) is 0.491. The third kappa shape index (κ3) is 2.34. The van der Waals surface area contributed by atoms with E-state index in [0.717, 1.165) is 0 Å². The minimum absolute atomic E-state index is 0.235. The predicted molar refractivity (Wildman–Crippen MR) is 65.8 cm³/mol. The Labute approximate surface area is 107 Å². The van der Waals surface area contributed by atoms with Crippen LogP contribution in [0.3, 0.4) is 0 Å². The lowest BCUT2D eigenvalue weighted by atomic mass is 10.4. The molecule has 1 N–H and O–H groups in total. The van der Waals surface area contributed by atoms with E-state index in [2.05, 4.69) is 20.3 Å². The zero-order valence-corrected chi connectivity index (χ0v) is 9.72. The molecule has 0 bridgehead atoms. The van der Waals surface area contributed by atoms with Crippen LogP contribution in [0.2, 0.25) is 0 Å². The maximum Gasteiger partial charge on any atom is 0.291 e. The second-order valence-corrected chi connectivity index (χ2v) is 3.67. The van der Waals surface area contributed by atoms with Gasteiger partial charge in [0.05, 0.1) is 24.3 Å². The van der Waals surface area contributed by atoms with E-state index in [4.69, 9.17) is 4.42 Å². The summed E-state index contributed by atoms with van der Waals surface area (Å²) >= 11 is 0. The summed E-state index contributed by atoms with van der Waals surface area (Å²) in [5.74, 6) is 0.371. The highest BCUT2D eigenvalue weighted by Crippen LogP contribution is 2.08. The Morgan fingerprint density at radius 2 is 2.16 bits per heavy atom. The lowest BCUT2D eigenvalue weighted by molar-refractivity contribution is 0.0996. The van der Waals surface area contributed by atoms with Crippen LogP contribution in [0.15, 0.2) is 53.9 Å². The van der Waals surface area contributed by atoms with Crippen LogP contribution in [-0.2, 0) is 0 Å². The molecule has 1 amide bonds. The molecule has 0 radical (unpaired) electrons. The number of nitrogens with one attached hydrogen (secondary N) is 1. The molecule has 7 nitrogen and oxygen atoms in total. The predicted octanol–water partition coefficient (Wildman–Crippen LogP) is 1.51. The van der Waals surface area contributed by atoms with Crippen molar-refractivity contribution >= 4 is 11.6 Å². The van der Waals surface area contributed by atoms with Crippen LogP contribution in [0.1, 0.15) is 10.6 Å². The van der Waals surface area contributed by atoms with Crippen LogP contribution in [-0.4, -0.2) is 25.4 Å². The molecule has 0 saturated carbocycles. The fraction of sp³-hybridized carbons (Fsp3) is 0. The monoisotopic (exact) mass is 255 g/mol. The normalized spacial score (nSPS) is 10.3. The van der Waals surface area contributed by atoms with Crippen molar-refractivity contribution in [3.05, 3.63) is 55.3 Å². The minimum Gasteiger partial charge on any atom is -0.459 e. The first-order valence-corrected chi connectivity index (χ1v) is 5.48. The fourth-order valence-electron chi connectivity index (χ4n) is 1.50. The molecule has 94 valence electrons. The van der Waals surface area contributed by atoms with E-state index in [9.17, 15) is 4.79 Å². The van der Waals surface area contributed by atoms with Gasteiger partial charge in [-0.25, -0.2) is 15.0 Å². The van der Waals surface area contributed by atoms with Crippen molar-refractivity contribution in [3.63, 3.8) is 0 Å². The Kier molecular flexibility index (Phi) is 2.77. The molecule has 0 aliphatic carbocycles. The van der Waals surface area contributed by atoms with Crippen LogP contribution in [0.5, 0.6) is 0 Å². The van der Waals surface area contributed by atoms with Gasteiger partial charge in [0, 0.05) is 12.4 Å². The van der Waals surface area contributed by atoms with Gasteiger partial charge >= 0.3 is 0 Å². The summed E-state index contributed by atoms with van der Waals surface area (Å²) in [5, 5.41) is 2.63. The van der Waals surface area contributed by atoms with Crippen LogP contribution in [0, 0.1) is 0 Å². The molecule has 0 aliphatic heterocycles. The van der Waals surface area contributed by atoms with Crippen molar-refractivity contribution in [1.29, 1.82) is 0 Å². The average molecular weight is 255 g/mol. The van der Waals surface area contributed by atoms with Crippen LogP contribution in [0.25, 0.3) is 5.95 Å². The number of anilines is 1. The van der Waals surface area contributed by atoms with Crippen molar-refractivity contribution in [3.8, 4) is 5.95 Å². The summed E-state index contributed by atoms with van der Waals surface area (Å²) in [4.78, 5) is 23.9. The quantitative estimate of drug-likeness (QED) is 0.766. The van der Waals surface area contributed by atoms with Crippen molar-refractivity contribution in [1.82, 2.24) is 19.5 Å². The average Bonchev–Trinajstić information content (AvgIpc) is 3.13. The molecule has 3 aromatic rings. The molecule has 0 spiro atoms. The van der Waals surface area contributed by atoms with E-state index >= 15 is 0 Å². The van der Waals surface area contributed by atoms with Gasteiger partial charge in [0.1, 0.15) is 6.33 Å². The number of carbonyl (C=O) groups is 1. The first kappa shape index (κ1) is 11.1. The molecule has 19 heavy (non-hydrogen) atoms. The maximum absolute atomic E-state index is 11.7. The number of rotatable bonds is 3. The zero-order valence-electron chi connectivity index (χ0n) is 9.72. The largest absolute Gasteiger partial charge is 0.459 e. The van der Waals surface area contributed by atoms with Crippen LogP contribution in [0.4, 0.5) is 5.69 Å². The molecule has 3 heterocycles. The first-order chi connectivity index (χ1) is 9.33. The van der Waals surface area contributed by atoms with Gasteiger partial charge < -0.3 is 9.73 Å². The van der Waals surface area contributed by atoms with Gasteiger partial charge in [-0.3, -0.25) is 9.36 Å². The highest BCUT2D eigenvalue weighted by molar-refractivity contribution is 6.01. The smallest absolute Gasteiger partial charge is 0.291 e. The Balaban J connectivity index is 1.75. The Morgan fingerprint density at radius 1 is 1.32 bits per heavy atom. The van der Waals surface area contributed by atoms with E-state index in [1.807, 2.05) is 0 Å². The van der Waals surface area contributed by atoms with Gasteiger partial charge in [-0.2, -0.15) is 0 Å². The third-order valence-electron chi connectivity index (χ3n) is 2.38. The van der Waals surface area contributed by atoms with E-state index in [-0.39, 0.29) is 11.7 Å². The minimum atomic E-state index is -0.344. The molecule has 0 unspecified atom stereocenters. The molecule has 7 heteroatoms. The molecule has 3 aromatic heterocycles. The molecule has 0 saturated heterocycles. The summed E-state index contributed by atoms with van der Waals surface area (Å²) < 4.78 is 6.65. The Morgan fingerprint density at radius 3 is 2.79 bits per heavy atom. The lowest BCUT2D eigenvalue weighted by Crippen LogP contribution is -2.11. The molecule has 0 atom stereocenters. The highest BCUT2D eigenvalue weighted by Gasteiger charge is 2.09. The number of aromatic nitrogens is 4. The lowest BCUT2D eigenvalue weighted by Gasteiger charge is -2.03. The number of amides is 1. The number of carbonyl (C=O) groups excluding carboxylic acids is 1. The number of imidazole rings is 1. The van der Waals surface area contributed by atoms with Crippen molar-refractivity contribution in [2.45, 2.75) is 0 Å². The number of nitrogens with zero attached hydrogens (tertiary/aromatic N) is 4. The van der Waals surface area contributed by atoms with Gasteiger partial charge in [0.2, 0.25) is 5.95 Å². The molecular weight excluding hydrogens is 246 g/mol. The van der Waals surface area contributed by atoms with E-state index < -0.39 is 0 Å². The van der Waals surface area contributed by atoms with Crippen LogP contribution >= 0.6 is 0 Å². The molecular formula is C12H9N5O2. The summed E-state index contributed by atoms with van der Waals surface area (Å²) in [6.45, 7) is 0. The third-order valence-corrected chi connectivity index (χ3v) is 2.38. The number of hydrogen-bond donors (Lipinski definition) is 1. The van der Waals surface area contributed by atoms with Crippen LogP contribution < -0.4 is 5.32 Å². The Hall–Kier alpha value is -2.96. The van der Waals surface area contributed by atoms with Crippen molar-refractivity contribution < 1.29 is 9.21 Å². The van der Waals surface area contributed by atoms with Gasteiger partial charge in [0.15, 0.2) is 5.76 Å². The molecule has 0 fully saturated rings. The SMILES string of the molecule is O=C(Nc1cnc(-n2ccnc2)nc1)c1ccco1. The Bertz CT molecular complexity index is 659. The summed E-state index contributed by atoms with van der Waals surface area (Å²) in [6, 6.07) is 3.23. The van der Waals surface area contributed by atoms with Gasteiger partial charge in [-0.15, -0.1) is 0 Å². The molecule has 3 rings (SSSR count). The topological polar surface area (TPSA) is 85.8 Å². The summed E-state index contributed by atoms with van der Waals surface area (Å²) in [6.07, 6.45) is 9.43. The molecule has 0 aromatic carbocycles. The standard InChI is InChI=1S/C12H9N5O2/c18-11(10-2-1-5-19-10)16-9-6-14-12(15-7-9)17-4-3-13-8-17/h1-8H,(H,16,18). The number of furan rings is 1. The fourth-order valence-corrected chi connectivity index (χ4v) is 1.50. The second-order valence-electron chi connectivity index (χ2n) is 3.67. The van der Waals surface area contributed by atoms with E-state index in [1.54, 1.807) is 35.4 Å². The highest BCUT2D eigenvalue weighted by atomic mass is 16.3. The van der Waals surface area contributed by atoms with Crippen molar-refractivity contribution in [2.75, 3.05) is 5.32 Å². The first-order valence-electron chi connectivity index (χ1n) is 5.48. The van der Waals surface area contributed by atoms with Gasteiger partial charge in [0.25, 0.3) is 5.91 Å². The van der Waals surface area contributed by atoms with E-state index in [0.29, 0.717) is 11.6 Å². The molecule has 0 aliphatic rings. The maximum atomic E-state index is 11.7. The zero-order chi connectivity index (χ0) is 13.1.